The maximum absolute atomic E-state index is 13.1. The minimum atomic E-state index is -3.85. The van der Waals surface area contributed by atoms with Crippen LogP contribution in [0.15, 0.2) is 53.4 Å². The van der Waals surface area contributed by atoms with E-state index in [-0.39, 0.29) is 28.6 Å². The summed E-state index contributed by atoms with van der Waals surface area (Å²) in [5.74, 6) is -0.0631. The summed E-state index contributed by atoms with van der Waals surface area (Å²) in [6.45, 7) is 2.42. The average molecular weight is 490 g/mol. The van der Waals surface area contributed by atoms with Gasteiger partial charge in [0, 0.05) is 19.6 Å². The molecule has 2 amide bonds. The number of para-hydroxylation sites is 2. The Morgan fingerprint density at radius 3 is 2.29 bits per heavy atom. The minimum Gasteiger partial charge on any atom is -0.495 e. The second kappa shape index (κ2) is 11.2. The van der Waals surface area contributed by atoms with Crippen LogP contribution >= 0.6 is 0 Å². The molecule has 0 heterocycles. The second-order valence-electron chi connectivity index (χ2n) is 8.05. The molecule has 0 radical (unpaired) electrons. The number of sulfonamides is 1. The molecule has 9 nitrogen and oxygen atoms in total. The van der Waals surface area contributed by atoms with Crippen molar-refractivity contribution in [1.29, 1.82) is 0 Å². The van der Waals surface area contributed by atoms with Crippen LogP contribution in [0.4, 0.5) is 10.5 Å². The van der Waals surface area contributed by atoms with Crippen molar-refractivity contribution in [3.8, 4) is 5.75 Å². The summed E-state index contributed by atoms with van der Waals surface area (Å²) in [6.07, 6.45) is 2.51. The molecule has 0 spiro atoms. The predicted octanol–water partition coefficient (Wildman–Crippen LogP) is 3.31. The van der Waals surface area contributed by atoms with Crippen LogP contribution in [0.25, 0.3) is 0 Å². The SMILES string of the molecule is CCNC(=O)NC1CCC(OC(=O)c2ccc(S(=O)(=O)N(C)c3ccccc3OC)cc2)CC1. The quantitative estimate of drug-likeness (QED) is 0.550. The highest BCUT2D eigenvalue weighted by Crippen LogP contribution is 2.31. The number of carbonyl (C=O) groups is 2. The molecule has 1 fully saturated rings. The van der Waals surface area contributed by atoms with Crippen molar-refractivity contribution >= 4 is 27.7 Å². The highest BCUT2D eigenvalue weighted by molar-refractivity contribution is 7.92. The lowest BCUT2D eigenvalue weighted by atomic mass is 9.93. The topological polar surface area (TPSA) is 114 Å². The Kier molecular flexibility index (Phi) is 8.38. The van der Waals surface area contributed by atoms with Crippen LogP contribution in [0.5, 0.6) is 5.75 Å². The molecule has 0 aromatic heterocycles. The van der Waals surface area contributed by atoms with E-state index in [0.29, 0.717) is 30.8 Å². The highest BCUT2D eigenvalue weighted by atomic mass is 32.2. The molecule has 0 saturated heterocycles. The number of anilines is 1. The Balaban J connectivity index is 1.60. The lowest BCUT2D eigenvalue weighted by Crippen LogP contribution is -2.44. The number of rotatable bonds is 8. The maximum atomic E-state index is 13.1. The van der Waals surface area contributed by atoms with Gasteiger partial charge in [-0.15, -0.1) is 0 Å². The third-order valence-corrected chi connectivity index (χ3v) is 7.58. The van der Waals surface area contributed by atoms with E-state index < -0.39 is 16.0 Å². The molecule has 1 aliphatic carbocycles. The standard InChI is InChI=1S/C24H31N3O6S/c1-4-25-24(29)26-18-11-13-19(14-12-18)33-23(28)17-9-15-20(16-10-17)34(30,31)27(2)21-7-5-6-8-22(21)32-3/h5-10,15-16,18-19H,4,11-14H2,1-3H3,(H2,25,26,29). The molecule has 2 aromatic rings. The smallest absolute Gasteiger partial charge is 0.338 e. The third-order valence-electron chi connectivity index (χ3n) is 5.79. The number of amides is 2. The molecule has 0 atom stereocenters. The number of hydrogen-bond acceptors (Lipinski definition) is 6. The monoisotopic (exact) mass is 489 g/mol. The fourth-order valence-electron chi connectivity index (χ4n) is 3.88. The van der Waals surface area contributed by atoms with E-state index in [0.717, 1.165) is 17.1 Å². The molecular formula is C24H31N3O6S. The predicted molar refractivity (Wildman–Crippen MR) is 129 cm³/mol. The van der Waals surface area contributed by atoms with Crippen LogP contribution in [-0.4, -0.2) is 53.3 Å². The molecule has 34 heavy (non-hydrogen) atoms. The molecule has 0 bridgehead atoms. The Morgan fingerprint density at radius 1 is 1.03 bits per heavy atom. The number of methoxy groups -OCH3 is 1. The van der Waals surface area contributed by atoms with Gasteiger partial charge < -0.3 is 20.1 Å². The summed E-state index contributed by atoms with van der Waals surface area (Å²) in [5.41, 5.74) is 0.687. The van der Waals surface area contributed by atoms with Crippen LogP contribution < -0.4 is 19.7 Å². The van der Waals surface area contributed by atoms with Crippen molar-refractivity contribution in [2.75, 3.05) is 25.0 Å². The number of ether oxygens (including phenoxy) is 2. The Labute approximate surface area is 200 Å². The van der Waals surface area contributed by atoms with E-state index in [1.54, 1.807) is 24.3 Å². The fraction of sp³-hybridized carbons (Fsp3) is 0.417. The van der Waals surface area contributed by atoms with E-state index in [1.165, 1.54) is 38.4 Å². The van der Waals surface area contributed by atoms with E-state index in [9.17, 15) is 18.0 Å². The average Bonchev–Trinajstić information content (AvgIpc) is 2.85. The first-order valence-electron chi connectivity index (χ1n) is 11.2. The van der Waals surface area contributed by atoms with Gasteiger partial charge in [0.15, 0.2) is 0 Å². The first-order valence-corrected chi connectivity index (χ1v) is 12.7. The number of urea groups is 1. The van der Waals surface area contributed by atoms with Gasteiger partial charge in [-0.1, -0.05) is 12.1 Å². The molecule has 10 heteroatoms. The van der Waals surface area contributed by atoms with Gasteiger partial charge in [0.25, 0.3) is 10.0 Å². The molecule has 184 valence electrons. The van der Waals surface area contributed by atoms with Crippen LogP contribution in [0, 0.1) is 0 Å². The number of esters is 1. The molecule has 1 aliphatic rings. The van der Waals surface area contributed by atoms with Crippen molar-refractivity contribution in [3.05, 3.63) is 54.1 Å². The second-order valence-corrected chi connectivity index (χ2v) is 10.0. The van der Waals surface area contributed by atoms with Gasteiger partial charge in [-0.05, 0) is 69.0 Å². The molecule has 0 aliphatic heterocycles. The summed E-state index contributed by atoms with van der Waals surface area (Å²) < 4.78 is 38.2. The molecule has 0 unspecified atom stereocenters. The van der Waals surface area contributed by atoms with Crippen molar-refractivity contribution in [2.45, 2.75) is 49.6 Å². The lowest BCUT2D eigenvalue weighted by molar-refractivity contribution is 0.0188. The number of benzene rings is 2. The van der Waals surface area contributed by atoms with Gasteiger partial charge in [-0.2, -0.15) is 0 Å². The summed E-state index contributed by atoms with van der Waals surface area (Å²) >= 11 is 0. The van der Waals surface area contributed by atoms with Crippen LogP contribution in [0.1, 0.15) is 43.0 Å². The zero-order valence-corrected chi connectivity index (χ0v) is 20.4. The van der Waals surface area contributed by atoms with Crippen molar-refractivity contribution < 1.29 is 27.5 Å². The third kappa shape index (κ3) is 5.99. The normalized spacial score (nSPS) is 18.0. The van der Waals surface area contributed by atoms with Gasteiger partial charge in [0.05, 0.1) is 23.3 Å². The maximum Gasteiger partial charge on any atom is 0.338 e. The largest absolute Gasteiger partial charge is 0.495 e. The zero-order chi connectivity index (χ0) is 24.7. The van der Waals surface area contributed by atoms with Crippen molar-refractivity contribution in [1.82, 2.24) is 10.6 Å². The lowest BCUT2D eigenvalue weighted by Gasteiger charge is -2.28. The molecular weight excluding hydrogens is 458 g/mol. The fourth-order valence-corrected chi connectivity index (χ4v) is 5.09. The van der Waals surface area contributed by atoms with E-state index >= 15 is 0 Å². The number of carbonyl (C=O) groups excluding carboxylic acids is 2. The molecule has 2 N–H and O–H groups in total. The Bertz CT molecular complexity index is 1100. The van der Waals surface area contributed by atoms with Gasteiger partial charge >= 0.3 is 12.0 Å². The Hall–Kier alpha value is -3.27. The first-order chi connectivity index (χ1) is 16.3. The van der Waals surface area contributed by atoms with Crippen LogP contribution in [-0.2, 0) is 14.8 Å². The first kappa shape index (κ1) is 25.4. The van der Waals surface area contributed by atoms with Gasteiger partial charge in [-0.3, -0.25) is 4.31 Å². The van der Waals surface area contributed by atoms with Crippen LogP contribution in [0.2, 0.25) is 0 Å². The Morgan fingerprint density at radius 2 is 1.68 bits per heavy atom. The molecule has 1 saturated carbocycles. The summed E-state index contributed by atoms with van der Waals surface area (Å²) in [6, 6.07) is 12.4. The molecule has 3 rings (SSSR count). The van der Waals surface area contributed by atoms with Gasteiger partial charge in [0.1, 0.15) is 11.9 Å². The number of nitrogens with one attached hydrogen (secondary N) is 2. The van der Waals surface area contributed by atoms with E-state index in [2.05, 4.69) is 10.6 Å². The van der Waals surface area contributed by atoms with Crippen LogP contribution in [0.3, 0.4) is 0 Å². The van der Waals surface area contributed by atoms with Gasteiger partial charge in [-0.25, -0.2) is 18.0 Å². The van der Waals surface area contributed by atoms with E-state index in [1.807, 2.05) is 6.92 Å². The van der Waals surface area contributed by atoms with E-state index in [4.69, 9.17) is 9.47 Å². The summed E-state index contributed by atoms with van der Waals surface area (Å²) in [7, 11) is -0.924. The summed E-state index contributed by atoms with van der Waals surface area (Å²) in [5, 5.41) is 5.62. The van der Waals surface area contributed by atoms with Crippen molar-refractivity contribution in [3.63, 3.8) is 0 Å². The van der Waals surface area contributed by atoms with Crippen molar-refractivity contribution in [2.24, 2.45) is 0 Å². The van der Waals surface area contributed by atoms with Gasteiger partial charge in [0.2, 0.25) is 0 Å². The number of nitrogens with zero attached hydrogens (tertiary/aromatic N) is 1. The minimum absolute atomic E-state index is 0.0504. The molecule has 2 aromatic carbocycles. The highest BCUT2D eigenvalue weighted by Gasteiger charge is 2.27. The zero-order valence-electron chi connectivity index (χ0n) is 19.6. The number of hydrogen-bond donors (Lipinski definition) is 2. The summed E-state index contributed by atoms with van der Waals surface area (Å²) in [4.78, 5) is 24.3.